The highest BCUT2D eigenvalue weighted by molar-refractivity contribution is 5.97. The molecule has 10 amide bonds. The molecule has 1 fully saturated rings. The molecule has 26 heteroatoms. The SMILES string of the molecule is CNc1ccc(N=Nc2ccc(C(=O)NCCCC(=O)N3CCC[C@H]3C(=O)N[C@@H](CCC(N)=O)C(=O)NCC(=O)N[C@@H](CC(C)C)C(=O)N[C@@H](CCC(=O)O)C(=O)N[C@@H](C)C(=O)N[C@@H](CCCCN)C(N)=O)cc2)cc1. The number of unbranched alkanes of at least 4 members (excludes halogenated alkanes) is 1. The highest BCUT2D eigenvalue weighted by Crippen LogP contribution is 2.22. The third kappa shape index (κ3) is 22.2. The van der Waals surface area contributed by atoms with E-state index < -0.39 is 109 Å². The van der Waals surface area contributed by atoms with Crippen LogP contribution in [0.4, 0.5) is 17.1 Å². The van der Waals surface area contributed by atoms with Crippen LogP contribution in [0.15, 0.2) is 58.8 Å². The van der Waals surface area contributed by atoms with Crippen LogP contribution in [0.2, 0.25) is 0 Å². The van der Waals surface area contributed by atoms with Gasteiger partial charge in [-0.05, 0) is 126 Å². The van der Waals surface area contributed by atoms with Crippen LogP contribution in [-0.2, 0) is 47.9 Å². The maximum Gasteiger partial charge on any atom is 0.303 e. The number of carbonyl (C=O) groups is 11. The molecule has 0 unspecified atom stereocenters. The molecule has 1 aliphatic heterocycles. The molecule has 0 bridgehead atoms. The zero-order valence-electron chi connectivity index (χ0n) is 43.5. The summed E-state index contributed by atoms with van der Waals surface area (Å²) in [6.07, 6.45) is 0.756. The summed E-state index contributed by atoms with van der Waals surface area (Å²) in [4.78, 5) is 143. The van der Waals surface area contributed by atoms with E-state index in [-0.39, 0.29) is 75.8 Å². The van der Waals surface area contributed by atoms with E-state index in [2.05, 4.69) is 52.8 Å². The van der Waals surface area contributed by atoms with E-state index in [4.69, 9.17) is 17.2 Å². The molecule has 6 atom stereocenters. The molecule has 3 rings (SSSR count). The molecule has 0 radical (unpaired) electrons. The first-order valence-electron chi connectivity index (χ1n) is 25.3. The zero-order valence-corrected chi connectivity index (χ0v) is 43.5. The Hall–Kier alpha value is -8.03. The summed E-state index contributed by atoms with van der Waals surface area (Å²) in [5, 5.41) is 38.4. The van der Waals surface area contributed by atoms with Crippen LogP contribution in [0.5, 0.6) is 0 Å². The number of rotatable bonds is 33. The van der Waals surface area contributed by atoms with Crippen LogP contribution in [0.3, 0.4) is 0 Å². The number of hydrogen-bond donors (Lipinski definition) is 12. The molecule has 416 valence electrons. The van der Waals surface area contributed by atoms with Gasteiger partial charge in [-0.3, -0.25) is 52.7 Å². The molecule has 1 aliphatic rings. The zero-order chi connectivity index (χ0) is 56.3. The molecule has 26 nitrogen and oxygen atoms in total. The summed E-state index contributed by atoms with van der Waals surface area (Å²) in [6.45, 7) is 4.86. The fraction of sp³-hybridized carbons (Fsp3) is 0.540. The van der Waals surface area contributed by atoms with E-state index in [9.17, 15) is 57.8 Å². The number of carboxylic acid groups (broad SMARTS) is 1. The van der Waals surface area contributed by atoms with Gasteiger partial charge >= 0.3 is 5.97 Å². The van der Waals surface area contributed by atoms with Crippen molar-refractivity contribution in [2.75, 3.05) is 38.5 Å². The van der Waals surface area contributed by atoms with E-state index in [1.807, 2.05) is 31.3 Å². The van der Waals surface area contributed by atoms with Gasteiger partial charge in [-0.1, -0.05) is 13.8 Å². The Morgan fingerprint density at radius 2 is 1.28 bits per heavy atom. The number of amides is 10. The molecule has 1 saturated heterocycles. The van der Waals surface area contributed by atoms with Crippen molar-refractivity contribution in [3.63, 3.8) is 0 Å². The van der Waals surface area contributed by atoms with Crippen molar-refractivity contribution in [1.29, 1.82) is 0 Å². The van der Waals surface area contributed by atoms with Crippen LogP contribution < -0.4 is 59.7 Å². The van der Waals surface area contributed by atoms with Crippen LogP contribution in [0.25, 0.3) is 0 Å². The number of hydrogen-bond acceptors (Lipinski definition) is 15. The van der Waals surface area contributed by atoms with E-state index >= 15 is 0 Å². The van der Waals surface area contributed by atoms with Crippen molar-refractivity contribution in [3.8, 4) is 0 Å². The number of anilines is 1. The van der Waals surface area contributed by atoms with E-state index in [1.54, 1.807) is 38.1 Å². The third-order valence-electron chi connectivity index (χ3n) is 12.0. The molecular formula is C50H74N14O12. The molecule has 0 saturated carbocycles. The van der Waals surface area contributed by atoms with Gasteiger partial charge in [0.2, 0.25) is 53.2 Å². The lowest BCUT2D eigenvalue weighted by atomic mass is 10.0. The first-order chi connectivity index (χ1) is 36.1. The van der Waals surface area contributed by atoms with Gasteiger partial charge in [-0.15, -0.1) is 0 Å². The third-order valence-corrected chi connectivity index (χ3v) is 12.0. The highest BCUT2D eigenvalue weighted by Gasteiger charge is 2.36. The minimum Gasteiger partial charge on any atom is -0.481 e. The predicted molar refractivity (Wildman–Crippen MR) is 278 cm³/mol. The number of benzene rings is 2. The van der Waals surface area contributed by atoms with Gasteiger partial charge in [0.1, 0.15) is 36.3 Å². The number of azo groups is 1. The molecule has 1 heterocycles. The number of aliphatic carboxylic acids is 1. The van der Waals surface area contributed by atoms with Crippen molar-refractivity contribution in [2.24, 2.45) is 33.3 Å². The van der Waals surface area contributed by atoms with E-state index in [0.29, 0.717) is 42.7 Å². The van der Waals surface area contributed by atoms with E-state index in [0.717, 1.165) is 5.69 Å². The number of primary amides is 2. The quantitative estimate of drug-likeness (QED) is 0.0331. The van der Waals surface area contributed by atoms with Crippen LogP contribution in [0.1, 0.15) is 108 Å². The topological polar surface area (TPSA) is 410 Å². The van der Waals surface area contributed by atoms with Crippen molar-refractivity contribution in [2.45, 2.75) is 134 Å². The van der Waals surface area contributed by atoms with Gasteiger partial charge in [0.05, 0.1) is 17.9 Å². The van der Waals surface area contributed by atoms with Gasteiger partial charge in [-0.25, -0.2) is 0 Å². The normalized spacial score (nSPS) is 15.0. The summed E-state index contributed by atoms with van der Waals surface area (Å²) in [5.74, 6) is -8.80. The van der Waals surface area contributed by atoms with Gasteiger partial charge < -0.3 is 69.7 Å². The maximum absolute atomic E-state index is 13.7. The second-order valence-corrected chi connectivity index (χ2v) is 18.7. The Morgan fingerprint density at radius 3 is 1.87 bits per heavy atom. The van der Waals surface area contributed by atoms with Crippen molar-refractivity contribution >= 4 is 82.1 Å². The van der Waals surface area contributed by atoms with Crippen LogP contribution >= 0.6 is 0 Å². The number of nitrogens with two attached hydrogens (primary N) is 3. The molecule has 2 aromatic carbocycles. The molecule has 0 spiro atoms. The van der Waals surface area contributed by atoms with Crippen LogP contribution in [-0.4, -0.2) is 145 Å². The van der Waals surface area contributed by atoms with E-state index in [1.165, 1.54) is 11.8 Å². The lowest BCUT2D eigenvalue weighted by Gasteiger charge is -2.27. The number of carboxylic acids is 1. The second kappa shape index (κ2) is 32.3. The fourth-order valence-corrected chi connectivity index (χ4v) is 7.84. The average molecular weight is 1060 g/mol. The number of nitrogens with one attached hydrogen (secondary N) is 8. The van der Waals surface area contributed by atoms with Crippen molar-refractivity contribution < 1.29 is 57.8 Å². The molecule has 15 N–H and O–H groups in total. The highest BCUT2D eigenvalue weighted by atomic mass is 16.4. The Kier molecular flexibility index (Phi) is 26.5. The van der Waals surface area contributed by atoms with Gasteiger partial charge in [0.25, 0.3) is 5.91 Å². The van der Waals surface area contributed by atoms with Gasteiger partial charge in [0, 0.05) is 50.7 Å². The smallest absolute Gasteiger partial charge is 0.303 e. The van der Waals surface area contributed by atoms with Crippen molar-refractivity contribution in [1.82, 2.24) is 42.1 Å². The minimum absolute atomic E-state index is 0.000103. The standard InChI is InChI=1S/C50H74N14O12/c1-29(2)27-38(49(75)60-37(21-23-43(68)69)48(74)57-30(3)45(71)59-35(44(53)70)9-5-6-24-51)58-41(66)28-56-47(73)36(20-22-40(52)65)61-50(76)39-10-8-26-64(39)42(67)11-7-25-55-46(72)31-12-14-33(15-13-31)62-63-34-18-16-32(54-4)17-19-34/h12-19,29-30,35-39,54H,5-11,20-28,51H2,1-4H3,(H2,52,65)(H2,53,70)(H,55,72)(H,56,73)(H,57,74)(H,58,66)(H,59,71)(H,60,75)(H,61,76)(H,68,69)/t30-,35-,36-,37-,38-,39-/m0/s1. The molecule has 76 heavy (non-hydrogen) atoms. The molecule has 2 aromatic rings. The summed E-state index contributed by atoms with van der Waals surface area (Å²) in [5.41, 5.74) is 18.8. The lowest BCUT2D eigenvalue weighted by Crippen LogP contribution is -2.58. The number of likely N-dealkylation sites (tertiary alicyclic amines) is 1. The summed E-state index contributed by atoms with van der Waals surface area (Å²) in [6, 6.07) is 6.43. The molecular weight excluding hydrogens is 989 g/mol. The fourth-order valence-electron chi connectivity index (χ4n) is 7.84. The average Bonchev–Trinajstić information content (AvgIpc) is 3.88. The maximum atomic E-state index is 13.7. The Balaban J connectivity index is 1.56. The van der Waals surface area contributed by atoms with Crippen molar-refractivity contribution in [3.05, 3.63) is 54.1 Å². The molecule has 0 aromatic heterocycles. The summed E-state index contributed by atoms with van der Waals surface area (Å²) in [7, 11) is 1.81. The first kappa shape index (κ1) is 62.3. The summed E-state index contributed by atoms with van der Waals surface area (Å²) < 4.78 is 0. The number of nitrogens with zero attached hydrogens (tertiary/aromatic N) is 3. The van der Waals surface area contributed by atoms with Gasteiger partial charge in [0.15, 0.2) is 0 Å². The largest absolute Gasteiger partial charge is 0.481 e. The predicted octanol–water partition coefficient (Wildman–Crippen LogP) is -0.00450. The molecule has 0 aliphatic carbocycles. The van der Waals surface area contributed by atoms with Gasteiger partial charge in [-0.2, -0.15) is 10.2 Å². The van der Waals surface area contributed by atoms with Crippen LogP contribution in [0, 0.1) is 5.92 Å². The number of carbonyl (C=O) groups excluding carboxylic acids is 10. The summed E-state index contributed by atoms with van der Waals surface area (Å²) >= 11 is 0. The first-order valence-corrected chi connectivity index (χ1v) is 25.3. The Bertz CT molecular complexity index is 2370. The lowest BCUT2D eigenvalue weighted by molar-refractivity contribution is -0.140. The second-order valence-electron chi connectivity index (χ2n) is 18.7. The Labute approximate surface area is 441 Å². The Morgan fingerprint density at radius 1 is 0.671 bits per heavy atom. The minimum atomic E-state index is -1.50. The monoisotopic (exact) mass is 1060 g/mol.